The summed E-state index contributed by atoms with van der Waals surface area (Å²) in [6.45, 7) is 0. The molecule has 2 N–H and O–H groups in total. The van der Waals surface area contributed by atoms with Crippen LogP contribution >= 0.6 is 0 Å². The largest absolute Gasteiger partial charge is 0.361 e. The van der Waals surface area contributed by atoms with Crippen LogP contribution in [-0.2, 0) is 22.4 Å². The number of para-hydroxylation sites is 1. The third-order valence-electron chi connectivity index (χ3n) is 5.49. The summed E-state index contributed by atoms with van der Waals surface area (Å²) in [6.07, 6.45) is 2.33. The Morgan fingerprint density at radius 1 is 0.969 bits per heavy atom. The number of nitrogens with one attached hydrogen (secondary N) is 2. The number of benzene rings is 3. The van der Waals surface area contributed by atoms with Crippen molar-refractivity contribution in [3.05, 3.63) is 102 Å². The van der Waals surface area contributed by atoms with Gasteiger partial charge in [0, 0.05) is 36.3 Å². The zero-order chi connectivity index (χ0) is 22.5. The van der Waals surface area contributed by atoms with E-state index in [1.165, 1.54) is 17.0 Å². The Labute approximate surface area is 185 Å². The molecule has 0 saturated carbocycles. The van der Waals surface area contributed by atoms with E-state index in [0.29, 0.717) is 12.1 Å². The Morgan fingerprint density at radius 3 is 2.41 bits per heavy atom. The molecule has 4 aromatic rings. The Bertz CT molecular complexity index is 1220. The number of rotatable bonds is 7. The first kappa shape index (κ1) is 21.3. The first-order valence-corrected chi connectivity index (χ1v) is 10.4. The van der Waals surface area contributed by atoms with Crippen LogP contribution in [0.5, 0.6) is 0 Å². The van der Waals surface area contributed by atoms with E-state index in [2.05, 4.69) is 10.3 Å². The highest BCUT2D eigenvalue weighted by Gasteiger charge is 2.25. The van der Waals surface area contributed by atoms with E-state index in [4.69, 9.17) is 0 Å². The number of fused-ring (bicyclic) bond motifs is 1. The summed E-state index contributed by atoms with van der Waals surface area (Å²) in [4.78, 5) is 30.8. The molecule has 32 heavy (non-hydrogen) atoms. The van der Waals surface area contributed by atoms with Crippen LogP contribution in [0, 0.1) is 5.82 Å². The molecule has 0 unspecified atom stereocenters. The minimum absolute atomic E-state index is 0.156. The van der Waals surface area contributed by atoms with Gasteiger partial charge in [0.25, 0.3) is 0 Å². The fourth-order valence-electron chi connectivity index (χ4n) is 3.77. The van der Waals surface area contributed by atoms with Gasteiger partial charge in [-0.25, -0.2) is 4.39 Å². The number of aromatic nitrogens is 1. The topological polar surface area (TPSA) is 65.2 Å². The number of carbonyl (C=O) groups is 2. The lowest BCUT2D eigenvalue weighted by Gasteiger charge is -2.25. The van der Waals surface area contributed by atoms with E-state index in [0.717, 1.165) is 22.0 Å². The van der Waals surface area contributed by atoms with Crippen molar-refractivity contribution in [3.63, 3.8) is 0 Å². The van der Waals surface area contributed by atoms with E-state index in [1.807, 2.05) is 60.8 Å². The zero-order valence-corrected chi connectivity index (χ0v) is 17.7. The van der Waals surface area contributed by atoms with E-state index in [9.17, 15) is 14.0 Å². The first-order chi connectivity index (χ1) is 15.5. The number of amides is 2. The number of hydrogen-bond acceptors (Lipinski definition) is 2. The smallest absolute Gasteiger partial charge is 0.249 e. The van der Waals surface area contributed by atoms with Crippen LogP contribution in [0.3, 0.4) is 0 Å². The summed E-state index contributed by atoms with van der Waals surface area (Å²) < 4.78 is 13.3. The number of carbonyl (C=O) groups excluding carboxylic acids is 2. The molecule has 5 nitrogen and oxygen atoms in total. The van der Waals surface area contributed by atoms with Crippen molar-refractivity contribution in [2.75, 3.05) is 11.9 Å². The van der Waals surface area contributed by atoms with Crippen LogP contribution in [0.4, 0.5) is 10.1 Å². The molecule has 1 aromatic heterocycles. The predicted octanol–water partition coefficient (Wildman–Crippen LogP) is 4.24. The average molecular weight is 429 g/mol. The second kappa shape index (κ2) is 9.47. The van der Waals surface area contributed by atoms with Gasteiger partial charge in [-0.3, -0.25) is 9.59 Å². The molecule has 1 atom stereocenters. The van der Waals surface area contributed by atoms with Gasteiger partial charge in [0.05, 0.1) is 6.42 Å². The van der Waals surface area contributed by atoms with Gasteiger partial charge >= 0.3 is 0 Å². The quantitative estimate of drug-likeness (QED) is 0.462. The van der Waals surface area contributed by atoms with Crippen LogP contribution in [-0.4, -0.2) is 29.9 Å². The Hall–Kier alpha value is -3.93. The Balaban J connectivity index is 1.53. The molecular weight excluding hydrogens is 405 g/mol. The monoisotopic (exact) mass is 429 g/mol. The Morgan fingerprint density at radius 2 is 1.66 bits per heavy atom. The van der Waals surface area contributed by atoms with Crippen molar-refractivity contribution >= 4 is 28.4 Å². The maximum absolute atomic E-state index is 13.3. The SMILES string of the molecule is CN(C(=O)[C@H](Cc1ccccc1)NC(=O)Cc1c[nH]c2ccccc12)c1ccc(F)cc1. The molecule has 0 fully saturated rings. The number of hydrogen-bond donors (Lipinski definition) is 2. The summed E-state index contributed by atoms with van der Waals surface area (Å²) in [6, 6.07) is 22.3. The first-order valence-electron chi connectivity index (χ1n) is 10.4. The van der Waals surface area contributed by atoms with Gasteiger partial charge in [0.15, 0.2) is 0 Å². The second-order valence-corrected chi connectivity index (χ2v) is 7.72. The molecule has 6 heteroatoms. The van der Waals surface area contributed by atoms with Gasteiger partial charge in [0.1, 0.15) is 11.9 Å². The molecule has 162 valence electrons. The summed E-state index contributed by atoms with van der Waals surface area (Å²) in [5.41, 5.74) is 3.32. The number of H-pyrrole nitrogens is 1. The van der Waals surface area contributed by atoms with E-state index in [1.54, 1.807) is 19.2 Å². The number of anilines is 1. The minimum Gasteiger partial charge on any atom is -0.361 e. The molecule has 2 amide bonds. The maximum atomic E-state index is 13.3. The lowest BCUT2D eigenvalue weighted by molar-refractivity contribution is -0.127. The Kier molecular flexibility index (Phi) is 6.31. The van der Waals surface area contributed by atoms with Gasteiger partial charge in [-0.15, -0.1) is 0 Å². The number of aromatic amines is 1. The normalized spacial score (nSPS) is 11.8. The molecular formula is C26H24FN3O2. The summed E-state index contributed by atoms with van der Waals surface area (Å²) in [5.74, 6) is -0.883. The van der Waals surface area contributed by atoms with Crippen molar-refractivity contribution in [1.29, 1.82) is 0 Å². The average Bonchev–Trinajstić information content (AvgIpc) is 3.21. The van der Waals surface area contributed by atoms with Crippen molar-refractivity contribution in [2.24, 2.45) is 0 Å². The lowest BCUT2D eigenvalue weighted by Crippen LogP contribution is -2.49. The molecule has 4 rings (SSSR count). The summed E-state index contributed by atoms with van der Waals surface area (Å²) >= 11 is 0. The molecule has 3 aromatic carbocycles. The highest BCUT2D eigenvalue weighted by Crippen LogP contribution is 2.19. The molecule has 0 aliphatic rings. The highest BCUT2D eigenvalue weighted by molar-refractivity contribution is 5.99. The van der Waals surface area contributed by atoms with Crippen molar-refractivity contribution in [2.45, 2.75) is 18.9 Å². The van der Waals surface area contributed by atoms with Crippen LogP contribution in [0.25, 0.3) is 10.9 Å². The number of halogens is 1. The minimum atomic E-state index is -0.759. The molecule has 0 spiro atoms. The van der Waals surface area contributed by atoms with Crippen molar-refractivity contribution in [3.8, 4) is 0 Å². The number of likely N-dealkylation sites (N-methyl/N-ethyl adjacent to an activating group) is 1. The van der Waals surface area contributed by atoms with E-state index in [-0.39, 0.29) is 24.1 Å². The predicted molar refractivity (Wildman–Crippen MR) is 124 cm³/mol. The lowest BCUT2D eigenvalue weighted by atomic mass is 10.0. The standard InChI is InChI=1S/C26H24FN3O2/c1-30(21-13-11-20(27)12-14-21)26(32)24(15-18-7-3-2-4-8-18)29-25(31)16-19-17-28-23-10-6-5-9-22(19)23/h2-14,17,24,28H,15-16H2,1H3,(H,29,31)/t24-/m0/s1. The third-order valence-corrected chi connectivity index (χ3v) is 5.49. The summed E-state index contributed by atoms with van der Waals surface area (Å²) in [5, 5.41) is 3.90. The molecule has 1 heterocycles. The van der Waals surface area contributed by atoms with Crippen LogP contribution < -0.4 is 10.2 Å². The van der Waals surface area contributed by atoms with Gasteiger partial charge < -0.3 is 15.2 Å². The molecule has 0 aliphatic carbocycles. The number of nitrogens with zero attached hydrogens (tertiary/aromatic N) is 1. The van der Waals surface area contributed by atoms with Crippen molar-refractivity contribution < 1.29 is 14.0 Å². The molecule has 0 saturated heterocycles. The fourth-order valence-corrected chi connectivity index (χ4v) is 3.77. The van der Waals surface area contributed by atoms with Crippen LogP contribution in [0.1, 0.15) is 11.1 Å². The van der Waals surface area contributed by atoms with Gasteiger partial charge in [0.2, 0.25) is 11.8 Å². The molecule has 0 aliphatic heterocycles. The second-order valence-electron chi connectivity index (χ2n) is 7.72. The fraction of sp³-hybridized carbons (Fsp3) is 0.154. The van der Waals surface area contributed by atoms with Gasteiger partial charge in [-0.1, -0.05) is 48.5 Å². The third kappa shape index (κ3) is 4.86. The molecule has 0 bridgehead atoms. The maximum Gasteiger partial charge on any atom is 0.249 e. The van der Waals surface area contributed by atoms with E-state index < -0.39 is 6.04 Å². The highest BCUT2D eigenvalue weighted by atomic mass is 19.1. The van der Waals surface area contributed by atoms with E-state index >= 15 is 0 Å². The van der Waals surface area contributed by atoms with Crippen LogP contribution in [0.15, 0.2) is 85.1 Å². The zero-order valence-electron chi connectivity index (χ0n) is 17.7. The summed E-state index contributed by atoms with van der Waals surface area (Å²) in [7, 11) is 1.62. The van der Waals surface area contributed by atoms with Crippen molar-refractivity contribution in [1.82, 2.24) is 10.3 Å². The van der Waals surface area contributed by atoms with Gasteiger partial charge in [-0.2, -0.15) is 0 Å². The van der Waals surface area contributed by atoms with Gasteiger partial charge in [-0.05, 0) is 41.5 Å². The van der Waals surface area contributed by atoms with Crippen LogP contribution in [0.2, 0.25) is 0 Å². The molecule has 0 radical (unpaired) electrons.